The van der Waals surface area contributed by atoms with Gasteiger partial charge < -0.3 is 14.5 Å². The van der Waals surface area contributed by atoms with Gasteiger partial charge in [0.25, 0.3) is 0 Å². The highest BCUT2D eigenvalue weighted by molar-refractivity contribution is 6.17. The molecule has 0 atom stereocenters. The zero-order chi connectivity index (χ0) is 12.0. The third-order valence-corrected chi connectivity index (χ3v) is 2.16. The van der Waals surface area contributed by atoms with Crippen LogP contribution in [-0.2, 0) is 11.2 Å². The molecule has 1 aromatic heterocycles. The van der Waals surface area contributed by atoms with Gasteiger partial charge in [-0.3, -0.25) is 0 Å². The van der Waals surface area contributed by atoms with Gasteiger partial charge in [-0.2, -0.15) is 0 Å². The number of ether oxygens (including phenoxy) is 1. The maximum absolute atomic E-state index is 5.57. The van der Waals surface area contributed by atoms with Crippen LogP contribution in [0.2, 0.25) is 0 Å². The first kappa shape index (κ1) is 13.3. The summed E-state index contributed by atoms with van der Waals surface area (Å²) in [5.41, 5.74) is -0.254. The summed E-state index contributed by atoms with van der Waals surface area (Å²) in [6.45, 7) is 7.26. The van der Waals surface area contributed by atoms with Gasteiger partial charge in [0.05, 0.1) is 5.60 Å². The quantitative estimate of drug-likeness (QED) is 0.748. The summed E-state index contributed by atoms with van der Waals surface area (Å²) in [5, 5.41) is 10.7. The normalized spacial score (nSPS) is 11.8. The second-order valence-electron chi connectivity index (χ2n) is 3.99. The average molecular weight is 248 g/mol. The largest absolute Gasteiger partial charge is 0.408 e. The molecule has 0 saturated carbocycles. The van der Waals surface area contributed by atoms with Gasteiger partial charge in [-0.05, 0) is 20.8 Å². The second-order valence-corrected chi connectivity index (χ2v) is 4.36. The van der Waals surface area contributed by atoms with Crippen LogP contribution in [0.5, 0.6) is 0 Å². The van der Waals surface area contributed by atoms with Crippen molar-refractivity contribution in [3.8, 4) is 0 Å². The van der Waals surface area contributed by atoms with Crippen molar-refractivity contribution in [2.75, 3.05) is 24.3 Å². The van der Waals surface area contributed by atoms with Crippen LogP contribution < -0.4 is 5.32 Å². The molecule has 1 rings (SSSR count). The number of nitrogens with one attached hydrogen (secondary N) is 1. The molecule has 0 saturated heterocycles. The predicted octanol–water partition coefficient (Wildman–Crippen LogP) is 2.08. The summed E-state index contributed by atoms with van der Waals surface area (Å²) in [4.78, 5) is 0. The number of rotatable bonds is 7. The van der Waals surface area contributed by atoms with Crippen molar-refractivity contribution >= 4 is 17.6 Å². The molecule has 92 valence electrons. The maximum atomic E-state index is 5.57. The predicted molar refractivity (Wildman–Crippen MR) is 62.9 cm³/mol. The monoisotopic (exact) mass is 247 g/mol. The van der Waals surface area contributed by atoms with E-state index < -0.39 is 0 Å². The van der Waals surface area contributed by atoms with E-state index in [1.807, 2.05) is 20.8 Å². The van der Waals surface area contributed by atoms with Crippen LogP contribution in [0.3, 0.4) is 0 Å². The fourth-order valence-electron chi connectivity index (χ4n) is 1.24. The number of hydrogen-bond acceptors (Lipinski definition) is 5. The number of hydrogen-bond donors (Lipinski definition) is 1. The van der Waals surface area contributed by atoms with E-state index in [2.05, 4.69) is 15.5 Å². The van der Waals surface area contributed by atoms with E-state index >= 15 is 0 Å². The van der Waals surface area contributed by atoms with Gasteiger partial charge in [-0.1, -0.05) is 5.10 Å². The minimum Gasteiger partial charge on any atom is -0.408 e. The van der Waals surface area contributed by atoms with Crippen LogP contribution >= 0.6 is 11.6 Å². The molecule has 1 heterocycles. The van der Waals surface area contributed by atoms with Crippen molar-refractivity contribution in [1.29, 1.82) is 0 Å². The molecular formula is C10H18ClN3O2. The van der Waals surface area contributed by atoms with Crippen LogP contribution in [0.15, 0.2) is 4.42 Å². The first-order valence-electron chi connectivity index (χ1n) is 5.33. The number of halogens is 1. The first-order valence-corrected chi connectivity index (χ1v) is 5.87. The summed E-state index contributed by atoms with van der Waals surface area (Å²) in [6.07, 6.45) is 0.588. The lowest BCUT2D eigenvalue weighted by Gasteiger charge is -2.24. The third-order valence-electron chi connectivity index (χ3n) is 1.98. The molecule has 0 aliphatic heterocycles. The highest BCUT2D eigenvalue weighted by Crippen LogP contribution is 2.12. The van der Waals surface area contributed by atoms with Gasteiger partial charge in [0.2, 0.25) is 5.89 Å². The van der Waals surface area contributed by atoms with E-state index in [0.717, 1.165) is 0 Å². The summed E-state index contributed by atoms with van der Waals surface area (Å²) in [6, 6.07) is 0.410. The Morgan fingerprint density at radius 2 is 2.19 bits per heavy atom. The molecule has 0 unspecified atom stereocenters. The molecule has 0 aromatic carbocycles. The van der Waals surface area contributed by atoms with Crippen LogP contribution in [0.25, 0.3) is 0 Å². The van der Waals surface area contributed by atoms with Gasteiger partial charge in [0.1, 0.15) is 0 Å². The third kappa shape index (κ3) is 4.37. The topological polar surface area (TPSA) is 60.2 Å². The fourth-order valence-corrected chi connectivity index (χ4v) is 1.40. The first-order chi connectivity index (χ1) is 7.57. The molecule has 0 radical (unpaired) electrons. The van der Waals surface area contributed by atoms with E-state index in [4.69, 9.17) is 20.8 Å². The van der Waals surface area contributed by atoms with E-state index in [1.165, 1.54) is 0 Å². The number of anilines is 1. The minimum atomic E-state index is -0.254. The zero-order valence-electron chi connectivity index (χ0n) is 9.92. The molecule has 6 heteroatoms. The van der Waals surface area contributed by atoms with Crippen LogP contribution in [0.4, 0.5) is 6.01 Å². The molecule has 0 aliphatic rings. The molecular weight excluding hydrogens is 230 g/mol. The van der Waals surface area contributed by atoms with Gasteiger partial charge in [-0.15, -0.1) is 16.7 Å². The molecule has 0 fully saturated rings. The molecule has 0 spiro atoms. The van der Waals surface area contributed by atoms with Crippen molar-refractivity contribution < 1.29 is 9.15 Å². The standard InChI is InChI=1S/C10H18ClN3O2/c1-4-15-10(2,3)7-12-9-14-13-8(16-9)5-6-11/h4-7H2,1-3H3,(H,12,14). The molecule has 5 nitrogen and oxygen atoms in total. The maximum Gasteiger partial charge on any atom is 0.315 e. The van der Waals surface area contributed by atoms with Gasteiger partial charge in [0.15, 0.2) is 0 Å². The summed E-state index contributed by atoms with van der Waals surface area (Å²) in [5.74, 6) is 1.03. The number of alkyl halides is 1. The fraction of sp³-hybridized carbons (Fsp3) is 0.800. The van der Waals surface area contributed by atoms with Crippen molar-refractivity contribution in [3.05, 3.63) is 5.89 Å². The average Bonchev–Trinajstić information content (AvgIpc) is 2.64. The van der Waals surface area contributed by atoms with Crippen LogP contribution in [0, 0.1) is 0 Å². The SMILES string of the molecule is CCOC(C)(C)CNc1nnc(CCCl)o1. The zero-order valence-corrected chi connectivity index (χ0v) is 10.7. The highest BCUT2D eigenvalue weighted by Gasteiger charge is 2.18. The lowest BCUT2D eigenvalue weighted by molar-refractivity contribution is 0.000340. The van der Waals surface area contributed by atoms with E-state index in [-0.39, 0.29) is 5.60 Å². The molecule has 1 N–H and O–H groups in total. The van der Waals surface area contributed by atoms with Gasteiger partial charge >= 0.3 is 6.01 Å². The lowest BCUT2D eigenvalue weighted by atomic mass is 10.1. The Kier molecular flexibility index (Phi) is 5.02. The van der Waals surface area contributed by atoms with Crippen molar-refractivity contribution in [2.24, 2.45) is 0 Å². The van der Waals surface area contributed by atoms with Crippen LogP contribution in [-0.4, -0.2) is 34.8 Å². The number of nitrogens with zero attached hydrogens (tertiary/aromatic N) is 2. The Morgan fingerprint density at radius 1 is 1.44 bits per heavy atom. The minimum absolute atomic E-state index is 0.254. The lowest BCUT2D eigenvalue weighted by Crippen LogP contribution is -2.33. The summed E-state index contributed by atoms with van der Waals surface area (Å²) < 4.78 is 10.9. The highest BCUT2D eigenvalue weighted by atomic mass is 35.5. The Balaban J connectivity index is 2.41. The summed E-state index contributed by atoms with van der Waals surface area (Å²) in [7, 11) is 0. The van der Waals surface area contributed by atoms with Crippen LogP contribution in [0.1, 0.15) is 26.7 Å². The molecule has 0 bridgehead atoms. The second kappa shape index (κ2) is 6.06. The number of aryl methyl sites for hydroxylation is 1. The van der Waals surface area contributed by atoms with Gasteiger partial charge in [0, 0.05) is 25.5 Å². The van der Waals surface area contributed by atoms with E-state index in [9.17, 15) is 0 Å². The smallest absolute Gasteiger partial charge is 0.315 e. The molecule has 16 heavy (non-hydrogen) atoms. The molecule has 0 amide bonds. The van der Waals surface area contributed by atoms with E-state index in [1.54, 1.807) is 0 Å². The Hall–Kier alpha value is -0.810. The van der Waals surface area contributed by atoms with Crippen molar-refractivity contribution in [3.63, 3.8) is 0 Å². The molecule has 1 aromatic rings. The molecule has 0 aliphatic carbocycles. The van der Waals surface area contributed by atoms with E-state index in [0.29, 0.717) is 37.4 Å². The van der Waals surface area contributed by atoms with Crippen molar-refractivity contribution in [1.82, 2.24) is 10.2 Å². The Morgan fingerprint density at radius 3 is 2.81 bits per heavy atom. The number of aromatic nitrogens is 2. The Bertz CT molecular complexity index is 315. The van der Waals surface area contributed by atoms with Gasteiger partial charge in [-0.25, -0.2) is 0 Å². The van der Waals surface area contributed by atoms with Crippen molar-refractivity contribution in [2.45, 2.75) is 32.8 Å². The summed E-state index contributed by atoms with van der Waals surface area (Å²) >= 11 is 5.57. The Labute approximate surface area is 101 Å².